The molecular formula is C11H11ClN6O2S. The summed E-state index contributed by atoms with van der Waals surface area (Å²) < 4.78 is 0. The molecule has 2 rings (SSSR count). The fourth-order valence-electron chi connectivity index (χ4n) is 1.35. The van der Waals surface area contributed by atoms with Gasteiger partial charge in [0.2, 0.25) is 11.1 Å². The zero-order valence-electron chi connectivity index (χ0n) is 11.1. The molecule has 0 radical (unpaired) electrons. The Morgan fingerprint density at radius 3 is 2.95 bits per heavy atom. The molecule has 1 aromatic carbocycles. The number of hydrogen-bond acceptors (Lipinski definition) is 6. The highest BCUT2D eigenvalue weighted by atomic mass is 35.5. The maximum absolute atomic E-state index is 11.0. The maximum atomic E-state index is 11.0. The number of nitro groups is 1. The van der Waals surface area contributed by atoms with Gasteiger partial charge in [-0.25, -0.2) is 10.1 Å². The highest BCUT2D eigenvalue weighted by Crippen LogP contribution is 2.38. The zero-order chi connectivity index (χ0) is 15.4. The standard InChI is InChI=1S/C11H11ClN6O2S/c1-17(2)6-13-10-14-11(16-15-10)21-9-7(12)4-3-5-8(9)18(19)20/h3-6H,1-2H3,(H,14,15,16). The molecule has 0 fully saturated rings. The second kappa shape index (κ2) is 6.55. The Kier molecular flexibility index (Phi) is 4.76. The highest BCUT2D eigenvalue weighted by Gasteiger charge is 2.19. The maximum Gasteiger partial charge on any atom is 0.284 e. The van der Waals surface area contributed by atoms with Gasteiger partial charge in [-0.1, -0.05) is 17.7 Å². The van der Waals surface area contributed by atoms with Gasteiger partial charge in [-0.2, -0.15) is 4.98 Å². The topological polar surface area (TPSA) is 100 Å². The summed E-state index contributed by atoms with van der Waals surface area (Å²) in [4.78, 5) is 20.7. The summed E-state index contributed by atoms with van der Waals surface area (Å²) in [6.45, 7) is 0. The number of benzene rings is 1. The van der Waals surface area contributed by atoms with Gasteiger partial charge in [0.05, 0.1) is 16.3 Å². The molecule has 0 bridgehead atoms. The summed E-state index contributed by atoms with van der Waals surface area (Å²) in [6, 6.07) is 4.48. The fraction of sp³-hybridized carbons (Fsp3) is 0.182. The Morgan fingerprint density at radius 2 is 2.29 bits per heavy atom. The average Bonchev–Trinajstić information content (AvgIpc) is 2.86. The molecule has 0 saturated carbocycles. The van der Waals surface area contributed by atoms with Crippen molar-refractivity contribution in [1.29, 1.82) is 0 Å². The summed E-state index contributed by atoms with van der Waals surface area (Å²) in [6.07, 6.45) is 1.56. The largest absolute Gasteiger partial charge is 0.369 e. The number of aromatic amines is 1. The summed E-state index contributed by atoms with van der Waals surface area (Å²) in [5, 5.41) is 18.2. The van der Waals surface area contributed by atoms with Crippen LogP contribution < -0.4 is 0 Å². The number of aromatic nitrogens is 3. The molecule has 0 aliphatic rings. The van der Waals surface area contributed by atoms with Gasteiger partial charge in [-0.3, -0.25) is 10.1 Å². The molecule has 0 amide bonds. The van der Waals surface area contributed by atoms with Crippen LogP contribution in [0.15, 0.2) is 33.2 Å². The van der Waals surface area contributed by atoms with Crippen LogP contribution in [-0.2, 0) is 0 Å². The normalized spacial score (nSPS) is 11.0. The Hall–Kier alpha value is -2.13. The number of nitro benzene ring substituents is 1. The third kappa shape index (κ3) is 3.92. The number of hydrogen-bond donors (Lipinski definition) is 1. The van der Waals surface area contributed by atoms with Crippen LogP contribution in [0.1, 0.15) is 0 Å². The lowest BCUT2D eigenvalue weighted by Gasteiger charge is -2.01. The van der Waals surface area contributed by atoms with Crippen LogP contribution in [0.2, 0.25) is 5.02 Å². The Bertz CT molecular complexity index is 687. The molecule has 0 aliphatic heterocycles. The molecule has 21 heavy (non-hydrogen) atoms. The molecule has 0 atom stereocenters. The first-order valence-corrected chi connectivity index (χ1v) is 6.90. The highest BCUT2D eigenvalue weighted by molar-refractivity contribution is 7.99. The molecule has 110 valence electrons. The van der Waals surface area contributed by atoms with Crippen LogP contribution in [-0.4, -0.2) is 45.4 Å². The SMILES string of the molecule is CN(C)C=Nc1nc(Sc2c(Cl)cccc2[N+](=O)[O-])n[nH]1. The smallest absolute Gasteiger partial charge is 0.284 e. The van der Waals surface area contributed by atoms with Crippen LogP contribution in [0.5, 0.6) is 0 Å². The molecule has 0 unspecified atom stereocenters. The minimum atomic E-state index is -0.494. The Labute approximate surface area is 129 Å². The van der Waals surface area contributed by atoms with E-state index in [1.165, 1.54) is 12.1 Å². The van der Waals surface area contributed by atoms with Crippen molar-refractivity contribution in [3.05, 3.63) is 33.3 Å². The second-order valence-electron chi connectivity index (χ2n) is 4.10. The lowest BCUT2D eigenvalue weighted by molar-refractivity contribution is -0.387. The van der Waals surface area contributed by atoms with Crippen LogP contribution in [0.3, 0.4) is 0 Å². The minimum Gasteiger partial charge on any atom is -0.369 e. The van der Waals surface area contributed by atoms with Crippen LogP contribution in [0.4, 0.5) is 11.6 Å². The first kappa shape index (κ1) is 15.3. The van der Waals surface area contributed by atoms with E-state index in [4.69, 9.17) is 11.6 Å². The molecule has 1 aromatic heterocycles. The number of nitrogens with zero attached hydrogens (tertiary/aromatic N) is 5. The van der Waals surface area contributed by atoms with Crippen molar-refractivity contribution in [2.24, 2.45) is 4.99 Å². The lowest BCUT2D eigenvalue weighted by atomic mass is 10.3. The van der Waals surface area contributed by atoms with E-state index in [0.717, 1.165) is 11.8 Å². The average molecular weight is 327 g/mol. The lowest BCUT2D eigenvalue weighted by Crippen LogP contribution is -2.07. The second-order valence-corrected chi connectivity index (χ2v) is 5.48. The summed E-state index contributed by atoms with van der Waals surface area (Å²) in [5.41, 5.74) is -0.0874. The third-order valence-electron chi connectivity index (χ3n) is 2.20. The number of H-pyrrole nitrogens is 1. The summed E-state index contributed by atoms with van der Waals surface area (Å²) in [7, 11) is 3.64. The van der Waals surface area contributed by atoms with Crippen molar-refractivity contribution in [3.63, 3.8) is 0 Å². The van der Waals surface area contributed by atoms with Crippen LogP contribution >= 0.6 is 23.4 Å². The predicted octanol–water partition coefficient (Wildman–Crippen LogP) is 2.74. The van der Waals surface area contributed by atoms with Crippen molar-refractivity contribution in [2.45, 2.75) is 10.1 Å². The molecule has 1 N–H and O–H groups in total. The van der Waals surface area contributed by atoms with Gasteiger partial charge >= 0.3 is 0 Å². The molecule has 0 spiro atoms. The first-order valence-electron chi connectivity index (χ1n) is 5.71. The number of nitrogens with one attached hydrogen (secondary N) is 1. The van der Waals surface area contributed by atoms with E-state index in [1.807, 2.05) is 14.1 Å². The first-order chi connectivity index (χ1) is 9.97. The van der Waals surface area contributed by atoms with Gasteiger partial charge < -0.3 is 4.90 Å². The van der Waals surface area contributed by atoms with E-state index in [-0.39, 0.29) is 10.7 Å². The van der Waals surface area contributed by atoms with E-state index in [0.29, 0.717) is 16.0 Å². The molecule has 0 aliphatic carbocycles. The summed E-state index contributed by atoms with van der Waals surface area (Å²) >= 11 is 7.02. The minimum absolute atomic E-state index is 0.0874. The van der Waals surface area contributed by atoms with Gasteiger partial charge in [0.25, 0.3) is 5.69 Å². The van der Waals surface area contributed by atoms with Crippen molar-refractivity contribution in [3.8, 4) is 0 Å². The van der Waals surface area contributed by atoms with E-state index in [9.17, 15) is 10.1 Å². The van der Waals surface area contributed by atoms with Gasteiger partial charge in [0.1, 0.15) is 4.90 Å². The van der Waals surface area contributed by atoms with Crippen molar-refractivity contribution in [2.75, 3.05) is 14.1 Å². The summed E-state index contributed by atoms with van der Waals surface area (Å²) in [5.74, 6) is 0.306. The predicted molar refractivity (Wildman–Crippen MR) is 80.5 cm³/mol. The number of halogens is 1. The number of rotatable bonds is 5. The van der Waals surface area contributed by atoms with Crippen molar-refractivity contribution >= 4 is 41.3 Å². The van der Waals surface area contributed by atoms with Crippen molar-refractivity contribution < 1.29 is 4.92 Å². The van der Waals surface area contributed by atoms with Gasteiger partial charge in [0, 0.05) is 20.2 Å². The molecule has 10 heteroatoms. The zero-order valence-corrected chi connectivity index (χ0v) is 12.7. The van der Waals surface area contributed by atoms with Gasteiger partial charge in [-0.15, -0.1) is 5.10 Å². The van der Waals surface area contributed by atoms with E-state index >= 15 is 0 Å². The van der Waals surface area contributed by atoms with Crippen molar-refractivity contribution in [1.82, 2.24) is 20.1 Å². The molecule has 1 heterocycles. The Balaban J connectivity index is 2.25. The fourth-order valence-corrected chi connectivity index (χ4v) is 2.45. The van der Waals surface area contributed by atoms with Gasteiger partial charge in [0.15, 0.2) is 0 Å². The monoisotopic (exact) mass is 326 g/mol. The van der Waals surface area contributed by atoms with Crippen LogP contribution in [0.25, 0.3) is 0 Å². The molecular weight excluding hydrogens is 316 g/mol. The van der Waals surface area contributed by atoms with Crippen LogP contribution in [0, 0.1) is 10.1 Å². The Morgan fingerprint density at radius 1 is 1.52 bits per heavy atom. The van der Waals surface area contributed by atoms with Gasteiger partial charge in [-0.05, 0) is 17.8 Å². The third-order valence-corrected chi connectivity index (χ3v) is 3.63. The quantitative estimate of drug-likeness (QED) is 0.392. The molecule has 8 nitrogen and oxygen atoms in total. The number of aliphatic imine (C=N–C) groups is 1. The van der Waals surface area contributed by atoms with E-state index in [2.05, 4.69) is 20.2 Å². The molecule has 2 aromatic rings. The van der Waals surface area contributed by atoms with E-state index in [1.54, 1.807) is 17.3 Å². The van der Waals surface area contributed by atoms with E-state index < -0.39 is 4.92 Å². The molecule has 0 saturated heterocycles.